The van der Waals surface area contributed by atoms with Crippen LogP contribution in [0.1, 0.15) is 24.2 Å². The Labute approximate surface area is 183 Å². The third-order valence-electron chi connectivity index (χ3n) is 6.84. The summed E-state index contributed by atoms with van der Waals surface area (Å²) < 4.78 is 38.3. The first kappa shape index (κ1) is 20.5. The highest BCUT2D eigenvalue weighted by Crippen LogP contribution is 2.54. The smallest absolute Gasteiger partial charge is 0.229 e. The van der Waals surface area contributed by atoms with Crippen LogP contribution in [-0.2, 0) is 26.9 Å². The number of methoxy groups -OCH3 is 1. The molecular weight excluding hydrogens is 412 g/mol. The molecule has 31 heavy (non-hydrogen) atoms. The molecule has 5 rings (SSSR count). The Hall–Kier alpha value is -2.35. The van der Waals surface area contributed by atoms with Gasteiger partial charge < -0.3 is 9.15 Å². The molecule has 0 spiro atoms. The van der Waals surface area contributed by atoms with E-state index >= 15 is 0 Å². The molecule has 0 amide bonds. The summed E-state index contributed by atoms with van der Waals surface area (Å²) in [7, 11) is -1.54. The fourth-order valence-electron chi connectivity index (χ4n) is 5.74. The molecule has 1 saturated carbocycles. The maximum atomic E-state index is 11.7. The highest BCUT2D eigenvalue weighted by molar-refractivity contribution is 7.92. The highest BCUT2D eigenvalue weighted by atomic mass is 32.2. The van der Waals surface area contributed by atoms with Crippen LogP contribution in [0.5, 0.6) is 0 Å². The van der Waals surface area contributed by atoms with Crippen molar-refractivity contribution in [2.24, 2.45) is 11.8 Å². The molecule has 6 nitrogen and oxygen atoms in total. The molecule has 1 aromatic heterocycles. The van der Waals surface area contributed by atoms with Crippen LogP contribution in [-0.4, -0.2) is 39.8 Å². The molecule has 2 aromatic carbocycles. The number of ether oxygens (including phenoxy) is 1. The van der Waals surface area contributed by atoms with E-state index in [0.29, 0.717) is 17.5 Å². The van der Waals surface area contributed by atoms with Gasteiger partial charge >= 0.3 is 0 Å². The third kappa shape index (κ3) is 3.75. The van der Waals surface area contributed by atoms with Crippen LogP contribution < -0.4 is 4.72 Å². The molecule has 164 valence electrons. The molecule has 1 aliphatic heterocycles. The van der Waals surface area contributed by atoms with E-state index in [2.05, 4.69) is 27.8 Å². The first-order valence-electron chi connectivity index (χ1n) is 10.7. The van der Waals surface area contributed by atoms with Crippen molar-refractivity contribution in [1.82, 2.24) is 4.90 Å². The summed E-state index contributed by atoms with van der Waals surface area (Å²) >= 11 is 0. The number of likely N-dealkylation sites (tertiary alicyclic amines) is 1. The number of hydrogen-bond acceptors (Lipinski definition) is 5. The van der Waals surface area contributed by atoms with Crippen molar-refractivity contribution in [3.05, 3.63) is 65.9 Å². The van der Waals surface area contributed by atoms with E-state index in [1.807, 2.05) is 30.3 Å². The number of rotatable bonds is 6. The Morgan fingerprint density at radius 2 is 1.84 bits per heavy atom. The predicted molar refractivity (Wildman–Crippen MR) is 121 cm³/mol. The zero-order valence-corrected chi connectivity index (χ0v) is 18.7. The maximum absolute atomic E-state index is 11.7. The second-order valence-corrected chi connectivity index (χ2v) is 10.6. The lowest BCUT2D eigenvalue weighted by atomic mass is 9.74. The van der Waals surface area contributed by atoms with Crippen molar-refractivity contribution in [2.75, 3.05) is 31.2 Å². The Morgan fingerprint density at radius 1 is 1.10 bits per heavy atom. The molecule has 1 aliphatic carbocycles. The molecule has 2 bridgehead atoms. The SMILES string of the molecule is COC1(c2cccc(NS(C)(=O)=O)c2)C2CCC1CN(Cc1cc3ccccc3o1)C2. The first-order valence-corrected chi connectivity index (χ1v) is 12.6. The summed E-state index contributed by atoms with van der Waals surface area (Å²) in [6.07, 6.45) is 3.36. The number of piperidine rings is 1. The minimum Gasteiger partial charge on any atom is -0.460 e. The zero-order chi connectivity index (χ0) is 21.6. The molecule has 2 heterocycles. The van der Waals surface area contributed by atoms with Gasteiger partial charge in [0.25, 0.3) is 0 Å². The van der Waals surface area contributed by atoms with Crippen LogP contribution in [0.25, 0.3) is 11.0 Å². The van der Waals surface area contributed by atoms with Crippen LogP contribution in [0, 0.1) is 11.8 Å². The molecule has 1 N–H and O–H groups in total. The fourth-order valence-corrected chi connectivity index (χ4v) is 6.30. The zero-order valence-electron chi connectivity index (χ0n) is 17.9. The van der Waals surface area contributed by atoms with Crippen molar-refractivity contribution in [3.63, 3.8) is 0 Å². The average Bonchev–Trinajstić information content (AvgIpc) is 3.21. The summed E-state index contributed by atoms with van der Waals surface area (Å²) in [5.74, 6) is 1.67. The second kappa shape index (κ2) is 7.65. The topological polar surface area (TPSA) is 71.8 Å². The number of nitrogens with one attached hydrogen (secondary N) is 1. The molecule has 2 atom stereocenters. The van der Waals surface area contributed by atoms with Crippen LogP contribution in [0.15, 0.2) is 59.0 Å². The minimum atomic E-state index is -3.33. The van der Waals surface area contributed by atoms with Gasteiger partial charge in [0.2, 0.25) is 10.0 Å². The van der Waals surface area contributed by atoms with Crippen LogP contribution in [0.2, 0.25) is 0 Å². The molecule has 2 fully saturated rings. The maximum Gasteiger partial charge on any atom is 0.229 e. The van der Waals surface area contributed by atoms with E-state index in [1.165, 1.54) is 6.26 Å². The first-order chi connectivity index (χ1) is 14.9. The van der Waals surface area contributed by atoms with Crippen LogP contribution in [0.3, 0.4) is 0 Å². The van der Waals surface area contributed by atoms with Gasteiger partial charge in [-0.05, 0) is 42.7 Å². The summed E-state index contributed by atoms with van der Waals surface area (Å²) in [5, 5.41) is 1.14. The van der Waals surface area contributed by atoms with E-state index in [-0.39, 0.29) is 5.60 Å². The van der Waals surface area contributed by atoms with E-state index in [1.54, 1.807) is 13.2 Å². The van der Waals surface area contributed by atoms with Gasteiger partial charge in [0.15, 0.2) is 0 Å². The lowest BCUT2D eigenvalue weighted by molar-refractivity contribution is -0.120. The number of para-hydroxylation sites is 1. The summed E-state index contributed by atoms with van der Waals surface area (Å²) in [4.78, 5) is 2.47. The Balaban J connectivity index is 1.39. The average molecular weight is 441 g/mol. The third-order valence-corrected chi connectivity index (χ3v) is 7.45. The van der Waals surface area contributed by atoms with Crippen molar-refractivity contribution >= 4 is 26.7 Å². The Bertz CT molecular complexity index is 1160. The number of anilines is 1. The molecule has 0 radical (unpaired) electrons. The van der Waals surface area contributed by atoms with E-state index < -0.39 is 10.0 Å². The Kier molecular flexibility index (Phi) is 5.07. The second-order valence-electron chi connectivity index (χ2n) is 8.87. The number of hydrogen-bond donors (Lipinski definition) is 1. The molecule has 3 aromatic rings. The van der Waals surface area contributed by atoms with Gasteiger partial charge in [-0.2, -0.15) is 0 Å². The summed E-state index contributed by atoms with van der Waals surface area (Å²) in [6.45, 7) is 2.63. The quantitative estimate of drug-likeness (QED) is 0.622. The normalized spacial score (nSPS) is 26.4. The molecule has 2 aliphatic rings. The van der Waals surface area contributed by atoms with Crippen molar-refractivity contribution in [3.8, 4) is 0 Å². The highest BCUT2D eigenvalue weighted by Gasteiger charge is 2.55. The predicted octanol–water partition coefficient (Wildman–Crippen LogP) is 4.19. The van der Waals surface area contributed by atoms with Gasteiger partial charge in [-0.3, -0.25) is 9.62 Å². The van der Waals surface area contributed by atoms with Gasteiger partial charge in [-0.15, -0.1) is 0 Å². The number of benzene rings is 2. The molecule has 2 unspecified atom stereocenters. The lowest BCUT2D eigenvalue weighted by Gasteiger charge is -2.47. The van der Waals surface area contributed by atoms with Crippen LogP contribution in [0.4, 0.5) is 5.69 Å². The van der Waals surface area contributed by atoms with E-state index in [0.717, 1.165) is 54.8 Å². The summed E-state index contributed by atoms with van der Waals surface area (Å²) in [5.41, 5.74) is 2.18. The minimum absolute atomic E-state index is 0.342. The number of fused-ring (bicyclic) bond motifs is 3. The van der Waals surface area contributed by atoms with Gasteiger partial charge in [-0.25, -0.2) is 8.42 Å². The van der Waals surface area contributed by atoms with Gasteiger partial charge in [-0.1, -0.05) is 30.3 Å². The van der Waals surface area contributed by atoms with Crippen molar-refractivity contribution in [1.29, 1.82) is 0 Å². The van der Waals surface area contributed by atoms with E-state index in [9.17, 15) is 8.42 Å². The number of furan rings is 1. The standard InChI is InChI=1S/C24H28N2O4S/c1-29-24(18-7-5-8-21(13-18)25-31(2,27)28)19-10-11-20(24)15-26(14-19)16-22-12-17-6-3-4-9-23(17)30-22/h3-9,12-13,19-20,25H,10-11,14-16H2,1-2H3. The molecule has 7 heteroatoms. The Morgan fingerprint density at radius 3 is 2.52 bits per heavy atom. The van der Waals surface area contributed by atoms with Gasteiger partial charge in [0.05, 0.1) is 12.8 Å². The van der Waals surface area contributed by atoms with E-state index in [4.69, 9.17) is 9.15 Å². The molecule has 1 saturated heterocycles. The van der Waals surface area contributed by atoms with Crippen LogP contribution >= 0.6 is 0 Å². The monoisotopic (exact) mass is 440 g/mol. The lowest BCUT2D eigenvalue weighted by Crippen LogP contribution is -2.52. The summed E-state index contributed by atoms with van der Waals surface area (Å²) in [6, 6.07) is 17.9. The largest absolute Gasteiger partial charge is 0.460 e. The van der Waals surface area contributed by atoms with Crippen molar-refractivity contribution in [2.45, 2.75) is 25.0 Å². The number of sulfonamides is 1. The molecular formula is C24H28N2O4S. The van der Waals surface area contributed by atoms with Gasteiger partial charge in [0.1, 0.15) is 16.9 Å². The number of nitrogens with zero attached hydrogens (tertiary/aromatic N) is 1. The fraction of sp³-hybridized carbons (Fsp3) is 0.417. The van der Waals surface area contributed by atoms with Gasteiger partial charge in [0, 0.05) is 43.1 Å². The van der Waals surface area contributed by atoms with Crippen molar-refractivity contribution < 1.29 is 17.6 Å².